The molecule has 0 radical (unpaired) electrons. The van der Waals surface area contributed by atoms with Gasteiger partial charge in [0, 0.05) is 12.3 Å². The Kier molecular flexibility index (Phi) is 4.10. The van der Waals surface area contributed by atoms with Crippen molar-refractivity contribution in [2.45, 2.75) is 30.2 Å². The number of anilines is 1. The van der Waals surface area contributed by atoms with Gasteiger partial charge in [0.2, 0.25) is 0 Å². The van der Waals surface area contributed by atoms with Gasteiger partial charge in [-0.2, -0.15) is 0 Å². The first-order chi connectivity index (χ1) is 8.91. The minimum Gasteiger partial charge on any atom is -0.380 e. The maximum absolute atomic E-state index is 13.8. The molecule has 0 heterocycles. The number of halogens is 1. The predicted octanol–water partition coefficient (Wildman–Crippen LogP) is 1.77. The minimum absolute atomic E-state index is 0.120. The molecule has 106 valence electrons. The third-order valence-corrected chi connectivity index (χ3v) is 4.78. The van der Waals surface area contributed by atoms with Gasteiger partial charge < -0.3 is 11.1 Å². The van der Waals surface area contributed by atoms with Crippen LogP contribution in [-0.4, -0.2) is 27.3 Å². The lowest BCUT2D eigenvalue weighted by Crippen LogP contribution is -2.29. The van der Waals surface area contributed by atoms with E-state index >= 15 is 0 Å². The molecular weight excluding hydrogens is 267 g/mol. The Morgan fingerprint density at radius 2 is 2.16 bits per heavy atom. The van der Waals surface area contributed by atoms with Crippen LogP contribution in [0.25, 0.3) is 0 Å². The highest BCUT2D eigenvalue weighted by molar-refractivity contribution is 7.90. The van der Waals surface area contributed by atoms with E-state index in [2.05, 4.69) is 5.32 Å². The predicted molar refractivity (Wildman–Crippen MR) is 73.3 cm³/mol. The van der Waals surface area contributed by atoms with Crippen LogP contribution in [0.3, 0.4) is 0 Å². The number of sulfone groups is 1. The van der Waals surface area contributed by atoms with Gasteiger partial charge in [0.25, 0.3) is 0 Å². The van der Waals surface area contributed by atoms with Crippen LogP contribution in [0, 0.1) is 11.7 Å². The van der Waals surface area contributed by atoms with E-state index in [1.54, 1.807) is 0 Å². The summed E-state index contributed by atoms with van der Waals surface area (Å²) in [4.78, 5) is 0.124. The fraction of sp³-hybridized carbons (Fsp3) is 0.538. The van der Waals surface area contributed by atoms with Gasteiger partial charge in [-0.15, -0.1) is 0 Å². The molecule has 0 aromatic heterocycles. The van der Waals surface area contributed by atoms with E-state index in [1.165, 1.54) is 18.2 Å². The van der Waals surface area contributed by atoms with E-state index in [4.69, 9.17) is 5.73 Å². The van der Waals surface area contributed by atoms with Crippen LogP contribution in [-0.2, 0) is 9.84 Å². The second kappa shape index (κ2) is 5.46. The molecule has 19 heavy (non-hydrogen) atoms. The molecule has 1 aliphatic carbocycles. The van der Waals surface area contributed by atoms with Crippen molar-refractivity contribution in [1.82, 2.24) is 0 Å². The summed E-state index contributed by atoms with van der Waals surface area (Å²) in [6.45, 7) is 0.561. The van der Waals surface area contributed by atoms with Crippen LogP contribution in [0.15, 0.2) is 23.1 Å². The molecule has 1 aliphatic rings. The molecular formula is C13H19FN2O2S. The van der Waals surface area contributed by atoms with Crippen molar-refractivity contribution in [2.75, 3.05) is 18.1 Å². The quantitative estimate of drug-likeness (QED) is 0.827. The van der Waals surface area contributed by atoms with Gasteiger partial charge in [0.05, 0.1) is 10.6 Å². The molecule has 0 spiro atoms. The second-order valence-electron chi connectivity index (χ2n) is 5.09. The van der Waals surface area contributed by atoms with E-state index < -0.39 is 15.7 Å². The Hall–Kier alpha value is -1.14. The second-order valence-corrected chi connectivity index (χ2v) is 7.11. The molecule has 1 saturated carbocycles. The third-order valence-electron chi connectivity index (χ3n) is 3.67. The van der Waals surface area contributed by atoms with E-state index in [9.17, 15) is 12.8 Å². The van der Waals surface area contributed by atoms with Gasteiger partial charge in [-0.25, -0.2) is 12.8 Å². The van der Waals surface area contributed by atoms with Gasteiger partial charge >= 0.3 is 0 Å². The van der Waals surface area contributed by atoms with Gasteiger partial charge in [0.15, 0.2) is 9.84 Å². The summed E-state index contributed by atoms with van der Waals surface area (Å²) in [5.74, 6) is -0.114. The van der Waals surface area contributed by atoms with Crippen LogP contribution in [0.5, 0.6) is 0 Å². The van der Waals surface area contributed by atoms with Crippen LogP contribution >= 0.6 is 0 Å². The molecule has 0 aliphatic heterocycles. The highest BCUT2D eigenvalue weighted by atomic mass is 32.2. The van der Waals surface area contributed by atoms with Crippen molar-refractivity contribution < 1.29 is 12.8 Å². The normalized spacial score (nSPS) is 23.5. The topological polar surface area (TPSA) is 72.2 Å². The highest BCUT2D eigenvalue weighted by Crippen LogP contribution is 2.29. The zero-order valence-corrected chi connectivity index (χ0v) is 11.7. The van der Waals surface area contributed by atoms with Crippen molar-refractivity contribution in [2.24, 2.45) is 11.7 Å². The van der Waals surface area contributed by atoms with Crippen molar-refractivity contribution in [3.05, 3.63) is 24.0 Å². The third kappa shape index (κ3) is 3.25. The molecule has 1 aromatic carbocycles. The molecule has 0 saturated heterocycles. The fourth-order valence-corrected chi connectivity index (χ4v) is 3.20. The molecule has 4 nitrogen and oxygen atoms in total. The van der Waals surface area contributed by atoms with Crippen molar-refractivity contribution in [3.63, 3.8) is 0 Å². The maximum Gasteiger partial charge on any atom is 0.175 e. The molecule has 1 fully saturated rings. The Balaban J connectivity index is 2.24. The largest absolute Gasteiger partial charge is 0.380 e. The van der Waals surface area contributed by atoms with Crippen LogP contribution in [0.4, 0.5) is 10.1 Å². The molecule has 6 heteroatoms. The molecule has 2 unspecified atom stereocenters. The van der Waals surface area contributed by atoms with Crippen LogP contribution in [0.2, 0.25) is 0 Å². The van der Waals surface area contributed by atoms with E-state index in [0.717, 1.165) is 25.5 Å². The Morgan fingerprint density at radius 3 is 2.79 bits per heavy atom. The number of nitrogens with one attached hydrogen (secondary N) is 1. The van der Waals surface area contributed by atoms with Crippen LogP contribution in [0.1, 0.15) is 19.3 Å². The summed E-state index contributed by atoms with van der Waals surface area (Å²) in [7, 11) is -3.33. The van der Waals surface area contributed by atoms with E-state index in [-0.39, 0.29) is 16.6 Å². The van der Waals surface area contributed by atoms with Gasteiger partial charge in [-0.05, 0) is 43.5 Å². The molecule has 0 amide bonds. The van der Waals surface area contributed by atoms with Crippen LogP contribution < -0.4 is 11.1 Å². The first-order valence-corrected chi connectivity index (χ1v) is 8.27. The van der Waals surface area contributed by atoms with E-state index in [1.807, 2.05) is 0 Å². The summed E-state index contributed by atoms with van der Waals surface area (Å²) >= 11 is 0. The molecule has 0 bridgehead atoms. The highest BCUT2D eigenvalue weighted by Gasteiger charge is 2.26. The molecule has 3 N–H and O–H groups in total. The lowest BCUT2D eigenvalue weighted by atomic mass is 10.0. The number of hydrogen-bond donors (Lipinski definition) is 2. The number of benzene rings is 1. The zero-order chi connectivity index (χ0) is 14.0. The number of nitrogens with two attached hydrogens (primary N) is 1. The standard InChI is InChI=1S/C13H19FN2O2S/c1-19(17,18)10-5-6-11(14)13(7-10)16-12-4-2-3-9(12)8-15/h5-7,9,12,16H,2-4,8,15H2,1H3. The Morgan fingerprint density at radius 1 is 1.42 bits per heavy atom. The monoisotopic (exact) mass is 286 g/mol. The summed E-state index contributed by atoms with van der Waals surface area (Å²) in [5.41, 5.74) is 5.93. The van der Waals surface area contributed by atoms with Crippen molar-refractivity contribution >= 4 is 15.5 Å². The molecule has 2 atom stereocenters. The summed E-state index contributed by atoms with van der Waals surface area (Å²) < 4.78 is 36.7. The number of hydrogen-bond acceptors (Lipinski definition) is 4. The lowest BCUT2D eigenvalue weighted by Gasteiger charge is -2.21. The first-order valence-electron chi connectivity index (χ1n) is 6.38. The van der Waals surface area contributed by atoms with Gasteiger partial charge in [0.1, 0.15) is 5.82 Å². The van der Waals surface area contributed by atoms with Crippen molar-refractivity contribution in [3.8, 4) is 0 Å². The fourth-order valence-electron chi connectivity index (χ4n) is 2.55. The zero-order valence-electron chi connectivity index (χ0n) is 10.9. The lowest BCUT2D eigenvalue weighted by molar-refractivity contribution is 0.512. The smallest absolute Gasteiger partial charge is 0.175 e. The maximum atomic E-state index is 13.8. The molecule has 2 rings (SSSR count). The number of rotatable bonds is 4. The van der Waals surface area contributed by atoms with E-state index in [0.29, 0.717) is 12.5 Å². The van der Waals surface area contributed by atoms with Gasteiger partial charge in [-0.3, -0.25) is 0 Å². The SMILES string of the molecule is CS(=O)(=O)c1ccc(F)c(NC2CCCC2CN)c1. The minimum atomic E-state index is -3.33. The average Bonchev–Trinajstić information content (AvgIpc) is 2.77. The summed E-state index contributed by atoms with van der Waals surface area (Å²) in [5, 5.41) is 3.10. The first kappa shape index (κ1) is 14.3. The van der Waals surface area contributed by atoms with Gasteiger partial charge in [-0.1, -0.05) is 6.42 Å². The van der Waals surface area contributed by atoms with Crippen molar-refractivity contribution in [1.29, 1.82) is 0 Å². The summed E-state index contributed by atoms with van der Waals surface area (Å²) in [6, 6.07) is 3.95. The Bertz CT molecular complexity index is 560. The average molecular weight is 286 g/mol. The molecule has 1 aromatic rings. The summed E-state index contributed by atoms with van der Waals surface area (Å²) in [6.07, 6.45) is 4.14. The Labute approximate surface area is 113 Å².